The third-order valence-corrected chi connectivity index (χ3v) is 12.0. The number of allylic oxidation sites excluding steroid dienone is 4. The molecule has 3 N–H and O–H groups in total. The molecule has 0 atom stereocenters. The molecule has 7 rings (SSSR count). The summed E-state index contributed by atoms with van der Waals surface area (Å²) in [4.78, 5) is 34.5. The van der Waals surface area contributed by atoms with E-state index >= 15 is 0 Å². The van der Waals surface area contributed by atoms with Crippen molar-refractivity contribution in [1.29, 1.82) is 0 Å². The predicted molar refractivity (Wildman–Crippen MR) is 213 cm³/mol. The first-order valence-corrected chi connectivity index (χ1v) is 22.0. The van der Waals surface area contributed by atoms with Crippen molar-refractivity contribution < 1.29 is 9.53 Å². The molecule has 0 saturated carbocycles. The lowest BCUT2D eigenvalue weighted by atomic mass is 9.99. The fourth-order valence-electron chi connectivity index (χ4n) is 7.39. The van der Waals surface area contributed by atoms with Gasteiger partial charge in [-0.1, -0.05) is 45.6 Å². The predicted octanol–water partition coefficient (Wildman–Crippen LogP) is 9.91. The number of nitrogens with zero attached hydrogens (tertiary/aromatic N) is 2. The maximum atomic E-state index is 12.9. The summed E-state index contributed by atoms with van der Waals surface area (Å²) in [5.74, 6) is -0.277. The number of hydrogen-bond donors (Lipinski definition) is 3. The van der Waals surface area contributed by atoms with E-state index < -0.39 is 8.07 Å². The molecule has 51 heavy (non-hydrogen) atoms. The van der Waals surface area contributed by atoms with Gasteiger partial charge in [0, 0.05) is 72.8 Å². The van der Waals surface area contributed by atoms with Crippen LogP contribution in [0.25, 0.3) is 11.6 Å². The maximum absolute atomic E-state index is 12.9. The molecule has 0 saturated heterocycles. The minimum absolute atomic E-state index is 0.277. The Morgan fingerprint density at radius 3 is 2.31 bits per heavy atom. The second-order valence-corrected chi connectivity index (χ2v) is 20.8. The Kier molecular flexibility index (Phi) is 9.46. The van der Waals surface area contributed by atoms with Crippen molar-refractivity contribution in [1.82, 2.24) is 15.0 Å². The number of aromatic amines is 3. The molecule has 3 aliphatic heterocycles. The summed E-state index contributed by atoms with van der Waals surface area (Å²) in [6.45, 7) is 16.2. The number of nitrogens with one attached hydrogen (secondary N) is 3. The van der Waals surface area contributed by atoms with Crippen LogP contribution in [0.1, 0.15) is 94.8 Å². The van der Waals surface area contributed by atoms with Gasteiger partial charge in [-0.25, -0.2) is 4.79 Å². The highest BCUT2D eigenvalue weighted by Gasteiger charge is 2.24. The van der Waals surface area contributed by atoms with E-state index in [1.165, 1.54) is 39.4 Å². The zero-order chi connectivity index (χ0) is 35.9. The first-order valence-electron chi connectivity index (χ1n) is 18.3. The Morgan fingerprint density at radius 2 is 1.57 bits per heavy atom. The van der Waals surface area contributed by atoms with Crippen LogP contribution < -0.4 is 0 Å². The zero-order valence-corrected chi connectivity index (χ0v) is 32.0. The van der Waals surface area contributed by atoms with E-state index in [-0.39, 0.29) is 5.97 Å². The molecule has 6 heterocycles. The summed E-state index contributed by atoms with van der Waals surface area (Å²) in [6.07, 6.45) is 10.5. The SMILES string of the molecule is CCC1=C(C)C2=N/C1=C\c1ccc([nH]1)Cc1[nH]c(c(C)c1CC)Cc1ccc([nH]1)/C(c1ccc(C(=O)OCC[Si](C)(C)C)cc1)=C1/C=CC(=N1)C2. The summed E-state index contributed by atoms with van der Waals surface area (Å²) < 4.78 is 5.64. The number of ether oxygens (including phenoxy) is 1. The number of esters is 1. The fraction of sp³-hybridized carbons (Fsp3) is 0.326. The van der Waals surface area contributed by atoms with E-state index in [2.05, 4.69) is 105 Å². The molecule has 0 spiro atoms. The van der Waals surface area contributed by atoms with Gasteiger partial charge in [0.25, 0.3) is 0 Å². The lowest BCUT2D eigenvalue weighted by Gasteiger charge is -2.15. The number of aromatic nitrogens is 3. The standard InChI is InChI=1S/C43H49N5O2Si/c1-8-34-26(3)38-22-32-16-18-36(45-32)42(28-10-12-29(13-11-28)43(49)50-20-21-51(5,6)7)37-19-17-33(46-37)23-39-27(4)35(9-2)41(48-39)25-31-15-14-30(44-31)24-40(34)47-38/h10-19,24,44,46,48H,8-9,20-23,25H2,1-7H3/b40-24-,42-36-. The van der Waals surface area contributed by atoms with E-state index in [0.29, 0.717) is 18.6 Å². The number of benzene rings is 1. The van der Waals surface area contributed by atoms with Gasteiger partial charge in [0.2, 0.25) is 0 Å². The van der Waals surface area contributed by atoms with Gasteiger partial charge in [-0.05, 0) is 115 Å². The number of hydrogen-bond acceptors (Lipinski definition) is 4. The fourth-order valence-corrected chi connectivity index (χ4v) is 8.11. The number of carbonyl (C=O) groups excluding carboxylic acids is 1. The van der Waals surface area contributed by atoms with Crippen molar-refractivity contribution in [3.63, 3.8) is 0 Å². The van der Waals surface area contributed by atoms with Gasteiger partial charge in [0.1, 0.15) is 0 Å². The Morgan fingerprint density at radius 1 is 0.824 bits per heavy atom. The molecule has 262 valence electrons. The van der Waals surface area contributed by atoms with Gasteiger partial charge in [0.05, 0.1) is 29.3 Å². The van der Waals surface area contributed by atoms with E-state index in [0.717, 1.165) is 82.8 Å². The molecular formula is C43H49N5O2Si. The molecule has 3 aliphatic rings. The lowest BCUT2D eigenvalue weighted by Crippen LogP contribution is -2.22. The van der Waals surface area contributed by atoms with Crippen LogP contribution in [-0.4, -0.2) is 47.0 Å². The summed E-state index contributed by atoms with van der Waals surface area (Å²) in [5, 5.41) is 0. The number of H-pyrrole nitrogens is 3. The van der Waals surface area contributed by atoms with Crippen molar-refractivity contribution in [2.75, 3.05) is 6.61 Å². The maximum Gasteiger partial charge on any atom is 0.338 e. The minimum Gasteiger partial charge on any atom is -0.462 e. The second kappa shape index (κ2) is 14.0. The molecule has 10 bridgehead atoms. The summed E-state index contributed by atoms with van der Waals surface area (Å²) in [5.41, 5.74) is 18.6. The number of fused-ring (bicyclic) bond motifs is 8. The molecule has 0 unspecified atom stereocenters. The summed E-state index contributed by atoms with van der Waals surface area (Å²) in [7, 11) is -1.30. The third-order valence-electron chi connectivity index (χ3n) is 10.3. The van der Waals surface area contributed by atoms with Crippen LogP contribution in [0, 0.1) is 6.92 Å². The Balaban J connectivity index is 1.30. The van der Waals surface area contributed by atoms with Crippen LogP contribution in [0.5, 0.6) is 0 Å². The van der Waals surface area contributed by atoms with Crippen LogP contribution in [-0.2, 0) is 24.0 Å². The topological polar surface area (TPSA) is 98.4 Å². The minimum atomic E-state index is -1.30. The largest absolute Gasteiger partial charge is 0.462 e. The van der Waals surface area contributed by atoms with E-state index in [1.54, 1.807) is 0 Å². The Hall–Kier alpha value is -4.95. The van der Waals surface area contributed by atoms with Gasteiger partial charge in [-0.15, -0.1) is 0 Å². The summed E-state index contributed by atoms with van der Waals surface area (Å²) >= 11 is 0. The zero-order valence-electron chi connectivity index (χ0n) is 31.0. The molecule has 0 fully saturated rings. The van der Waals surface area contributed by atoms with Crippen molar-refractivity contribution in [3.05, 3.63) is 140 Å². The molecule has 3 aromatic heterocycles. The molecule has 8 heteroatoms. The van der Waals surface area contributed by atoms with Crippen LogP contribution in [0.2, 0.25) is 25.7 Å². The first-order chi connectivity index (χ1) is 24.5. The monoisotopic (exact) mass is 695 g/mol. The highest BCUT2D eigenvalue weighted by Crippen LogP contribution is 2.34. The van der Waals surface area contributed by atoms with Crippen LogP contribution >= 0.6 is 0 Å². The normalized spacial score (nSPS) is 18.5. The molecular weight excluding hydrogens is 647 g/mol. The van der Waals surface area contributed by atoms with Crippen molar-refractivity contribution in [2.24, 2.45) is 9.98 Å². The highest BCUT2D eigenvalue weighted by molar-refractivity contribution is 6.76. The van der Waals surface area contributed by atoms with Gasteiger partial charge in [-0.2, -0.15) is 0 Å². The van der Waals surface area contributed by atoms with Gasteiger partial charge in [-0.3, -0.25) is 9.98 Å². The Labute approximate surface area is 302 Å². The van der Waals surface area contributed by atoms with Crippen LogP contribution in [0.15, 0.2) is 93.2 Å². The third kappa shape index (κ3) is 7.28. The molecule has 1 aromatic carbocycles. The number of aliphatic imine (C=N–C) groups is 2. The Bertz CT molecular complexity index is 2190. The molecule has 4 aromatic rings. The second-order valence-electron chi connectivity index (χ2n) is 15.2. The summed E-state index contributed by atoms with van der Waals surface area (Å²) in [6, 6.07) is 17.4. The molecule has 0 radical (unpaired) electrons. The number of carbonyl (C=O) groups is 1. The molecule has 0 amide bonds. The molecule has 7 nitrogen and oxygen atoms in total. The average molecular weight is 696 g/mol. The molecule has 0 aliphatic carbocycles. The van der Waals surface area contributed by atoms with E-state index in [4.69, 9.17) is 14.7 Å². The number of rotatable bonds is 7. The van der Waals surface area contributed by atoms with Crippen molar-refractivity contribution in [3.8, 4) is 0 Å². The highest BCUT2D eigenvalue weighted by atomic mass is 28.3. The van der Waals surface area contributed by atoms with Gasteiger partial charge >= 0.3 is 5.97 Å². The average Bonchev–Trinajstić information content (AvgIpc) is 3.93. The van der Waals surface area contributed by atoms with E-state index in [1.807, 2.05) is 24.3 Å². The van der Waals surface area contributed by atoms with Gasteiger partial charge in [0.15, 0.2) is 0 Å². The quantitative estimate of drug-likeness (QED) is 0.133. The van der Waals surface area contributed by atoms with Crippen molar-refractivity contribution >= 4 is 37.1 Å². The van der Waals surface area contributed by atoms with Crippen LogP contribution in [0.4, 0.5) is 0 Å². The first kappa shape index (κ1) is 34.5. The lowest BCUT2D eigenvalue weighted by molar-refractivity contribution is 0.0525. The van der Waals surface area contributed by atoms with Crippen molar-refractivity contribution in [2.45, 2.75) is 85.5 Å². The van der Waals surface area contributed by atoms with Crippen LogP contribution in [0.3, 0.4) is 0 Å². The smallest absolute Gasteiger partial charge is 0.338 e. The van der Waals surface area contributed by atoms with E-state index in [9.17, 15) is 4.79 Å². The van der Waals surface area contributed by atoms with Gasteiger partial charge < -0.3 is 19.7 Å².